The molecule has 0 atom stereocenters. The molecule has 0 saturated carbocycles. The molecule has 0 unspecified atom stereocenters. The summed E-state index contributed by atoms with van der Waals surface area (Å²) in [4.78, 5) is 26.9. The molecule has 2 heterocycles. The van der Waals surface area contributed by atoms with Crippen LogP contribution in [0.4, 0.5) is 6.01 Å². The van der Waals surface area contributed by atoms with E-state index in [1.165, 1.54) is 12.0 Å². The number of aromatic nitrogens is 3. The molecule has 0 saturated heterocycles. The molecule has 0 bridgehead atoms. The Balaban J connectivity index is 1.46. The van der Waals surface area contributed by atoms with Gasteiger partial charge in [-0.15, -0.1) is 0 Å². The number of methoxy groups -OCH3 is 1. The zero-order valence-electron chi connectivity index (χ0n) is 25.1. The van der Waals surface area contributed by atoms with E-state index in [1.807, 2.05) is 67.6 Å². The summed E-state index contributed by atoms with van der Waals surface area (Å²) in [6, 6.07) is 26.3. The molecular formula is C35H36N4O5. The second-order valence-electron chi connectivity index (χ2n) is 10.5. The monoisotopic (exact) mass is 592 g/mol. The molecule has 0 aliphatic heterocycles. The van der Waals surface area contributed by atoms with Gasteiger partial charge in [0.2, 0.25) is 5.91 Å². The van der Waals surface area contributed by atoms with Gasteiger partial charge in [-0.1, -0.05) is 102 Å². The number of rotatable bonds is 14. The second kappa shape index (κ2) is 14.3. The van der Waals surface area contributed by atoms with Gasteiger partial charge >= 0.3 is 17.9 Å². The SMILES string of the molecule is C=C(CC)CCC(=O)N(CCc1cn(Cc2ccccc2)c2c(OCc3ccccc3)cccc12)c1nnc(C(=O)OC)o1. The fourth-order valence-electron chi connectivity index (χ4n) is 5.00. The molecule has 5 rings (SSSR count). The number of fused-ring (bicyclic) bond motifs is 1. The summed E-state index contributed by atoms with van der Waals surface area (Å²) in [6.45, 7) is 7.39. The number of para-hydroxylation sites is 1. The third kappa shape index (κ3) is 7.23. The lowest BCUT2D eigenvalue weighted by Crippen LogP contribution is -2.33. The molecule has 9 nitrogen and oxygen atoms in total. The van der Waals surface area contributed by atoms with Gasteiger partial charge in [0.1, 0.15) is 12.4 Å². The molecule has 0 fully saturated rings. The minimum Gasteiger partial charge on any atom is -0.487 e. The Morgan fingerprint density at radius 2 is 1.66 bits per heavy atom. The number of hydrogen-bond acceptors (Lipinski definition) is 7. The Morgan fingerprint density at radius 3 is 2.36 bits per heavy atom. The molecule has 0 radical (unpaired) electrons. The number of benzene rings is 3. The molecule has 0 aliphatic carbocycles. The van der Waals surface area contributed by atoms with Crippen molar-refractivity contribution in [2.45, 2.75) is 45.8 Å². The summed E-state index contributed by atoms with van der Waals surface area (Å²) >= 11 is 0. The van der Waals surface area contributed by atoms with Gasteiger partial charge in [0.15, 0.2) is 0 Å². The van der Waals surface area contributed by atoms with E-state index in [-0.39, 0.29) is 30.8 Å². The van der Waals surface area contributed by atoms with Gasteiger partial charge in [-0.05, 0) is 42.0 Å². The van der Waals surface area contributed by atoms with Crippen molar-refractivity contribution in [3.63, 3.8) is 0 Å². The van der Waals surface area contributed by atoms with E-state index in [1.54, 1.807) is 0 Å². The van der Waals surface area contributed by atoms with Crippen LogP contribution in [-0.4, -0.2) is 40.3 Å². The van der Waals surface area contributed by atoms with E-state index in [0.717, 1.165) is 45.3 Å². The highest BCUT2D eigenvalue weighted by atomic mass is 16.5. The molecule has 9 heteroatoms. The molecule has 44 heavy (non-hydrogen) atoms. The van der Waals surface area contributed by atoms with Crippen molar-refractivity contribution in [3.8, 4) is 5.75 Å². The van der Waals surface area contributed by atoms with Crippen molar-refractivity contribution in [1.29, 1.82) is 0 Å². The summed E-state index contributed by atoms with van der Waals surface area (Å²) in [5.41, 5.74) is 5.22. The van der Waals surface area contributed by atoms with Crippen LogP contribution in [0.3, 0.4) is 0 Å². The molecule has 0 N–H and O–H groups in total. The van der Waals surface area contributed by atoms with Crippen molar-refractivity contribution in [2.24, 2.45) is 0 Å². The number of ether oxygens (including phenoxy) is 2. The van der Waals surface area contributed by atoms with Crippen molar-refractivity contribution in [3.05, 3.63) is 120 Å². The molecule has 5 aromatic rings. The maximum absolute atomic E-state index is 13.4. The fraction of sp³-hybridized carbons (Fsp3) is 0.257. The smallest absolute Gasteiger partial charge is 0.396 e. The van der Waals surface area contributed by atoms with Crippen LogP contribution >= 0.6 is 0 Å². The molecule has 3 aromatic carbocycles. The third-order valence-electron chi connectivity index (χ3n) is 7.48. The van der Waals surface area contributed by atoms with Gasteiger partial charge in [-0.25, -0.2) is 4.79 Å². The molecule has 2 aromatic heterocycles. The van der Waals surface area contributed by atoms with Crippen LogP contribution in [0.1, 0.15) is 53.6 Å². The van der Waals surface area contributed by atoms with Crippen LogP contribution < -0.4 is 9.64 Å². The molecular weight excluding hydrogens is 556 g/mol. The van der Waals surface area contributed by atoms with Crippen molar-refractivity contribution in [2.75, 3.05) is 18.6 Å². The van der Waals surface area contributed by atoms with Crippen molar-refractivity contribution >= 4 is 28.8 Å². The number of esters is 1. The molecule has 1 amide bonds. The topological polar surface area (TPSA) is 99.7 Å². The molecule has 226 valence electrons. The first-order valence-corrected chi connectivity index (χ1v) is 14.7. The quantitative estimate of drug-likeness (QED) is 0.104. The van der Waals surface area contributed by atoms with Crippen LogP contribution in [-0.2, 0) is 29.1 Å². The molecule has 0 spiro atoms. The number of anilines is 1. The maximum atomic E-state index is 13.4. The summed E-state index contributed by atoms with van der Waals surface area (Å²) in [6.07, 6.45) is 4.17. The first-order chi connectivity index (χ1) is 21.5. The number of carbonyl (C=O) groups is 2. The number of amides is 1. The van der Waals surface area contributed by atoms with E-state index < -0.39 is 5.97 Å². The highest BCUT2D eigenvalue weighted by molar-refractivity contribution is 5.92. The Hall–Kier alpha value is -5.18. The summed E-state index contributed by atoms with van der Waals surface area (Å²) < 4.78 is 18.8. The summed E-state index contributed by atoms with van der Waals surface area (Å²) in [5.74, 6) is -0.487. The largest absolute Gasteiger partial charge is 0.487 e. The maximum Gasteiger partial charge on any atom is 0.396 e. The third-order valence-corrected chi connectivity index (χ3v) is 7.48. The van der Waals surface area contributed by atoms with Gasteiger partial charge in [0.25, 0.3) is 0 Å². The Labute approximate surface area is 256 Å². The van der Waals surface area contributed by atoms with Crippen LogP contribution in [0.5, 0.6) is 5.75 Å². The second-order valence-corrected chi connectivity index (χ2v) is 10.5. The van der Waals surface area contributed by atoms with E-state index in [4.69, 9.17) is 13.9 Å². The average molecular weight is 593 g/mol. The van der Waals surface area contributed by atoms with Crippen LogP contribution in [0.25, 0.3) is 10.9 Å². The standard InChI is InChI=1S/C35H36N4O5/c1-4-25(2)18-19-31(40)39(35-37-36-33(44-35)34(41)42-3)21-20-28-23-38(22-26-12-7-5-8-13-26)32-29(28)16-11-17-30(32)43-24-27-14-9-6-10-15-27/h5-17,23H,2,4,18-22,24H2,1,3H3. The first kappa shape index (κ1) is 30.3. The van der Waals surface area contributed by atoms with E-state index in [2.05, 4.69) is 45.7 Å². The lowest BCUT2D eigenvalue weighted by Gasteiger charge is -2.18. The van der Waals surface area contributed by atoms with Crippen molar-refractivity contribution in [1.82, 2.24) is 14.8 Å². The average Bonchev–Trinajstić information content (AvgIpc) is 3.69. The number of hydrogen-bond donors (Lipinski definition) is 0. The zero-order valence-corrected chi connectivity index (χ0v) is 25.1. The van der Waals surface area contributed by atoms with Crippen LogP contribution in [0, 0.1) is 0 Å². The normalized spacial score (nSPS) is 11.0. The lowest BCUT2D eigenvalue weighted by molar-refractivity contribution is -0.118. The van der Waals surface area contributed by atoms with Gasteiger partial charge in [0, 0.05) is 31.1 Å². The number of nitrogens with zero attached hydrogens (tertiary/aromatic N) is 4. The summed E-state index contributed by atoms with van der Waals surface area (Å²) in [5, 5.41) is 8.81. The Morgan fingerprint density at radius 1 is 0.932 bits per heavy atom. The minimum absolute atomic E-state index is 0.0441. The van der Waals surface area contributed by atoms with Gasteiger partial charge in [0.05, 0.1) is 12.6 Å². The Bertz CT molecular complexity index is 1730. The van der Waals surface area contributed by atoms with Crippen LogP contribution in [0.15, 0.2) is 102 Å². The van der Waals surface area contributed by atoms with E-state index in [0.29, 0.717) is 26.0 Å². The zero-order chi connectivity index (χ0) is 30.9. The van der Waals surface area contributed by atoms with Gasteiger partial charge < -0.3 is 18.5 Å². The van der Waals surface area contributed by atoms with E-state index >= 15 is 0 Å². The minimum atomic E-state index is -0.762. The number of allylic oxidation sites excluding steroid dienone is 1. The first-order valence-electron chi connectivity index (χ1n) is 14.7. The lowest BCUT2D eigenvalue weighted by atomic mass is 10.1. The van der Waals surface area contributed by atoms with Crippen molar-refractivity contribution < 1.29 is 23.5 Å². The fourth-order valence-corrected chi connectivity index (χ4v) is 5.00. The summed E-state index contributed by atoms with van der Waals surface area (Å²) in [7, 11) is 1.23. The predicted octanol–water partition coefficient (Wildman–Crippen LogP) is 6.76. The highest BCUT2D eigenvalue weighted by Crippen LogP contribution is 2.32. The molecule has 0 aliphatic rings. The van der Waals surface area contributed by atoms with Gasteiger partial charge in [-0.3, -0.25) is 9.69 Å². The Kier molecular flexibility index (Phi) is 9.86. The number of carbonyl (C=O) groups excluding carboxylic acids is 2. The van der Waals surface area contributed by atoms with Crippen LogP contribution in [0.2, 0.25) is 0 Å². The van der Waals surface area contributed by atoms with E-state index in [9.17, 15) is 9.59 Å². The van der Waals surface area contributed by atoms with Gasteiger partial charge in [-0.2, -0.15) is 0 Å². The highest BCUT2D eigenvalue weighted by Gasteiger charge is 2.25. The predicted molar refractivity (Wildman–Crippen MR) is 169 cm³/mol.